The summed E-state index contributed by atoms with van der Waals surface area (Å²) in [6, 6.07) is -0.353. The zero-order chi connectivity index (χ0) is 12.6. The van der Waals surface area contributed by atoms with Crippen LogP contribution in [0, 0.1) is 0 Å². The molecule has 1 aromatic heterocycles. The molecule has 17 heavy (non-hydrogen) atoms. The number of aryl methyl sites for hydroxylation is 1. The van der Waals surface area contributed by atoms with Crippen LogP contribution < -0.4 is 5.73 Å². The molecule has 8 heteroatoms. The fraction of sp³-hybridized carbons (Fsp3) is 0.667. The minimum atomic E-state index is -3.67. The number of aromatic nitrogens is 2. The summed E-state index contributed by atoms with van der Waals surface area (Å²) < 4.78 is 27.5. The topological polar surface area (TPSA) is 101 Å². The van der Waals surface area contributed by atoms with Crippen molar-refractivity contribution in [2.75, 3.05) is 18.9 Å². The smallest absolute Gasteiger partial charge is 0.262 e. The van der Waals surface area contributed by atoms with Gasteiger partial charge in [0.1, 0.15) is 0 Å². The quantitative estimate of drug-likeness (QED) is 0.737. The van der Waals surface area contributed by atoms with Gasteiger partial charge in [-0.25, -0.2) is 13.4 Å². The molecule has 1 saturated heterocycles. The Bertz CT molecular complexity index is 491. The van der Waals surface area contributed by atoms with Crippen molar-refractivity contribution >= 4 is 15.8 Å². The number of nitrogens with zero attached hydrogens (tertiary/aromatic N) is 3. The van der Waals surface area contributed by atoms with Gasteiger partial charge >= 0.3 is 0 Å². The van der Waals surface area contributed by atoms with Crippen LogP contribution in [0.15, 0.2) is 11.4 Å². The van der Waals surface area contributed by atoms with Gasteiger partial charge in [0.15, 0.2) is 10.8 Å². The average Bonchev–Trinajstić information content (AvgIpc) is 2.85. The molecule has 3 N–H and O–H groups in total. The Balaban J connectivity index is 2.43. The lowest BCUT2D eigenvalue weighted by Crippen LogP contribution is -2.38. The van der Waals surface area contributed by atoms with E-state index in [9.17, 15) is 13.5 Å². The minimum Gasteiger partial charge on any atom is -0.395 e. The molecule has 0 amide bonds. The van der Waals surface area contributed by atoms with Crippen molar-refractivity contribution in [3.05, 3.63) is 6.33 Å². The number of nitrogen functional groups attached to an aromatic ring is 1. The number of sulfonamides is 1. The zero-order valence-electron chi connectivity index (χ0n) is 9.57. The number of aliphatic hydroxyl groups excluding tert-OH is 1. The molecule has 0 bridgehead atoms. The van der Waals surface area contributed by atoms with Crippen molar-refractivity contribution in [1.82, 2.24) is 13.9 Å². The standard InChI is InChI=1S/C9H16N4O3S/c1-12-6-11-8(10)9(12)17(15,16)13-4-2-3-7(13)5-14/h6-7,14H,2-5,10H2,1H3/t7-/m0/s1. The molecule has 1 aliphatic heterocycles. The normalized spacial score (nSPS) is 22.1. The first kappa shape index (κ1) is 12.3. The van der Waals surface area contributed by atoms with Gasteiger partial charge in [-0.2, -0.15) is 4.31 Å². The molecule has 2 rings (SSSR count). The predicted octanol–water partition coefficient (Wildman–Crippen LogP) is -0.852. The first-order chi connectivity index (χ1) is 7.98. The molecule has 0 radical (unpaired) electrons. The second-order valence-corrected chi connectivity index (χ2v) is 5.95. The SMILES string of the molecule is Cn1cnc(N)c1S(=O)(=O)N1CCC[C@H]1CO. The molecular weight excluding hydrogens is 244 g/mol. The number of hydrogen-bond donors (Lipinski definition) is 2. The van der Waals surface area contributed by atoms with Crippen molar-refractivity contribution in [2.45, 2.75) is 23.9 Å². The molecular formula is C9H16N4O3S. The van der Waals surface area contributed by atoms with Gasteiger partial charge in [0.2, 0.25) is 0 Å². The Labute approximate surface area is 99.9 Å². The summed E-state index contributed by atoms with van der Waals surface area (Å²) in [4.78, 5) is 3.78. The van der Waals surface area contributed by atoms with Crippen LogP contribution in [0.2, 0.25) is 0 Å². The van der Waals surface area contributed by atoms with E-state index >= 15 is 0 Å². The highest BCUT2D eigenvalue weighted by atomic mass is 32.2. The van der Waals surface area contributed by atoms with Crippen LogP contribution in [0.4, 0.5) is 5.82 Å². The molecule has 0 unspecified atom stereocenters. The second-order valence-electron chi connectivity index (χ2n) is 4.14. The van der Waals surface area contributed by atoms with Gasteiger partial charge in [0, 0.05) is 19.6 Å². The van der Waals surface area contributed by atoms with Crippen molar-refractivity contribution in [1.29, 1.82) is 0 Å². The molecule has 1 aliphatic rings. The Kier molecular flexibility index (Phi) is 3.11. The van der Waals surface area contributed by atoms with E-state index < -0.39 is 10.0 Å². The van der Waals surface area contributed by atoms with Gasteiger partial charge in [0.25, 0.3) is 10.0 Å². The summed E-state index contributed by atoms with van der Waals surface area (Å²) in [5, 5.41) is 9.17. The molecule has 0 saturated carbocycles. The van der Waals surface area contributed by atoms with Crippen LogP contribution in [0.1, 0.15) is 12.8 Å². The predicted molar refractivity (Wildman–Crippen MR) is 61.6 cm³/mol. The minimum absolute atomic E-state index is 0.00199. The first-order valence-corrected chi connectivity index (χ1v) is 6.82. The number of rotatable bonds is 3. The molecule has 1 atom stereocenters. The van der Waals surface area contributed by atoms with E-state index in [4.69, 9.17) is 5.73 Å². The monoisotopic (exact) mass is 260 g/mol. The molecule has 0 aliphatic carbocycles. The average molecular weight is 260 g/mol. The van der Waals surface area contributed by atoms with Crippen molar-refractivity contribution in [2.24, 2.45) is 7.05 Å². The number of nitrogens with two attached hydrogens (primary N) is 1. The molecule has 0 spiro atoms. The molecule has 7 nitrogen and oxygen atoms in total. The third-order valence-corrected chi connectivity index (χ3v) is 5.08. The van der Waals surface area contributed by atoms with Gasteiger partial charge in [-0.05, 0) is 12.8 Å². The van der Waals surface area contributed by atoms with Crippen LogP contribution in [0.25, 0.3) is 0 Å². The summed E-state index contributed by atoms with van der Waals surface area (Å²) in [5.41, 5.74) is 5.58. The van der Waals surface area contributed by atoms with E-state index in [1.54, 1.807) is 7.05 Å². The highest BCUT2D eigenvalue weighted by Crippen LogP contribution is 2.27. The summed E-state index contributed by atoms with van der Waals surface area (Å²) in [7, 11) is -2.09. The summed E-state index contributed by atoms with van der Waals surface area (Å²) >= 11 is 0. The van der Waals surface area contributed by atoms with E-state index in [2.05, 4.69) is 4.98 Å². The zero-order valence-corrected chi connectivity index (χ0v) is 10.4. The number of imidazole rings is 1. The molecule has 1 aromatic rings. The summed E-state index contributed by atoms with van der Waals surface area (Å²) in [5.74, 6) is -0.00362. The third kappa shape index (κ3) is 1.92. The van der Waals surface area contributed by atoms with E-state index in [0.717, 1.165) is 6.42 Å². The lowest BCUT2D eigenvalue weighted by atomic mass is 10.2. The van der Waals surface area contributed by atoms with Gasteiger partial charge < -0.3 is 15.4 Å². The third-order valence-electron chi connectivity index (χ3n) is 3.00. The summed E-state index contributed by atoms with van der Waals surface area (Å²) in [6.07, 6.45) is 2.79. The number of hydrogen-bond acceptors (Lipinski definition) is 5. The molecule has 2 heterocycles. The molecule has 1 fully saturated rings. The van der Waals surface area contributed by atoms with Crippen molar-refractivity contribution < 1.29 is 13.5 Å². The van der Waals surface area contributed by atoms with E-state index in [-0.39, 0.29) is 23.5 Å². The van der Waals surface area contributed by atoms with E-state index in [1.165, 1.54) is 15.2 Å². The van der Waals surface area contributed by atoms with Crippen LogP contribution in [-0.4, -0.2) is 46.6 Å². The Morgan fingerprint density at radius 2 is 2.35 bits per heavy atom. The lowest BCUT2D eigenvalue weighted by molar-refractivity contribution is 0.213. The largest absolute Gasteiger partial charge is 0.395 e. The Hall–Kier alpha value is -1.12. The van der Waals surface area contributed by atoms with Gasteiger partial charge in [-0.15, -0.1) is 0 Å². The van der Waals surface area contributed by atoms with Crippen LogP contribution in [0.3, 0.4) is 0 Å². The van der Waals surface area contributed by atoms with Gasteiger partial charge in [-0.1, -0.05) is 0 Å². The van der Waals surface area contributed by atoms with Gasteiger partial charge in [-0.3, -0.25) is 0 Å². The number of anilines is 1. The summed E-state index contributed by atoms with van der Waals surface area (Å²) in [6.45, 7) is 0.245. The fourth-order valence-corrected chi connectivity index (χ4v) is 4.05. The highest BCUT2D eigenvalue weighted by molar-refractivity contribution is 7.89. The van der Waals surface area contributed by atoms with Crippen LogP contribution in [0.5, 0.6) is 0 Å². The fourth-order valence-electron chi connectivity index (χ4n) is 2.17. The van der Waals surface area contributed by atoms with Crippen molar-refractivity contribution in [3.63, 3.8) is 0 Å². The maximum Gasteiger partial charge on any atom is 0.262 e. The Morgan fingerprint density at radius 3 is 2.88 bits per heavy atom. The van der Waals surface area contributed by atoms with E-state index in [0.29, 0.717) is 13.0 Å². The van der Waals surface area contributed by atoms with E-state index in [1.807, 2.05) is 0 Å². The maximum absolute atomic E-state index is 12.4. The molecule has 96 valence electrons. The van der Waals surface area contributed by atoms with Crippen LogP contribution >= 0.6 is 0 Å². The first-order valence-electron chi connectivity index (χ1n) is 5.38. The molecule has 0 aromatic carbocycles. The maximum atomic E-state index is 12.4. The highest BCUT2D eigenvalue weighted by Gasteiger charge is 2.37. The number of aliphatic hydroxyl groups is 1. The lowest BCUT2D eigenvalue weighted by Gasteiger charge is -2.22. The van der Waals surface area contributed by atoms with Crippen molar-refractivity contribution in [3.8, 4) is 0 Å². The Morgan fingerprint density at radius 1 is 1.65 bits per heavy atom. The van der Waals surface area contributed by atoms with Gasteiger partial charge in [0.05, 0.1) is 12.9 Å². The van der Waals surface area contributed by atoms with Crippen LogP contribution in [-0.2, 0) is 17.1 Å². The second kappa shape index (κ2) is 4.28.